The van der Waals surface area contributed by atoms with Crippen LogP contribution in [0.3, 0.4) is 0 Å². The first-order valence-corrected chi connectivity index (χ1v) is 7.40. The smallest absolute Gasteiger partial charge is 0.227 e. The highest BCUT2D eigenvalue weighted by atomic mass is 15.3. The summed E-state index contributed by atoms with van der Waals surface area (Å²) in [6.45, 7) is 4.90. The summed E-state index contributed by atoms with van der Waals surface area (Å²) >= 11 is 0. The van der Waals surface area contributed by atoms with E-state index in [2.05, 4.69) is 30.4 Å². The van der Waals surface area contributed by atoms with Gasteiger partial charge in [-0.3, -0.25) is 0 Å². The van der Waals surface area contributed by atoms with Crippen molar-refractivity contribution in [2.75, 3.05) is 29.9 Å². The second kappa shape index (κ2) is 6.07. The molecule has 0 aliphatic carbocycles. The Morgan fingerprint density at radius 3 is 2.76 bits per heavy atom. The van der Waals surface area contributed by atoms with Crippen LogP contribution in [0.1, 0.15) is 24.4 Å². The van der Waals surface area contributed by atoms with Crippen LogP contribution in [-0.4, -0.2) is 44.4 Å². The summed E-state index contributed by atoms with van der Waals surface area (Å²) in [5, 5.41) is 11.3. The third kappa shape index (κ3) is 3.29. The Labute approximate surface area is 124 Å². The molecule has 1 aliphatic heterocycles. The van der Waals surface area contributed by atoms with Crippen molar-refractivity contribution >= 4 is 11.8 Å². The highest BCUT2D eigenvalue weighted by Crippen LogP contribution is 2.18. The Morgan fingerprint density at radius 2 is 2.05 bits per heavy atom. The van der Waals surface area contributed by atoms with E-state index in [1.807, 2.05) is 24.6 Å². The number of hydrogen-bond donors (Lipinski definition) is 1. The van der Waals surface area contributed by atoms with Crippen molar-refractivity contribution in [3.63, 3.8) is 0 Å². The summed E-state index contributed by atoms with van der Waals surface area (Å²) in [5.74, 6) is 2.69. The predicted octanol–water partition coefficient (Wildman–Crippen LogP) is 1.17. The van der Waals surface area contributed by atoms with Crippen LogP contribution in [0.15, 0.2) is 12.4 Å². The van der Waals surface area contributed by atoms with Crippen molar-refractivity contribution < 1.29 is 0 Å². The van der Waals surface area contributed by atoms with Crippen LogP contribution in [-0.2, 0) is 13.5 Å². The third-order valence-electron chi connectivity index (χ3n) is 3.69. The van der Waals surface area contributed by atoms with Gasteiger partial charge in [-0.2, -0.15) is 4.98 Å². The molecule has 0 bridgehead atoms. The first kappa shape index (κ1) is 13.8. The second-order valence-electron chi connectivity index (χ2n) is 5.42. The van der Waals surface area contributed by atoms with Crippen molar-refractivity contribution in [1.29, 1.82) is 0 Å². The SMILES string of the molecule is Cc1cc(NCCc2nncn2C)nc(N2CCCC2)n1. The Bertz CT molecular complexity index is 601. The minimum atomic E-state index is 0.780. The quantitative estimate of drug-likeness (QED) is 0.890. The molecule has 2 aromatic rings. The highest BCUT2D eigenvalue weighted by molar-refractivity contribution is 5.44. The van der Waals surface area contributed by atoms with Gasteiger partial charge in [0.1, 0.15) is 18.0 Å². The Morgan fingerprint density at radius 1 is 1.24 bits per heavy atom. The van der Waals surface area contributed by atoms with Gasteiger partial charge in [0.2, 0.25) is 5.95 Å². The number of aromatic nitrogens is 5. The molecule has 3 rings (SSSR count). The molecule has 7 nitrogen and oxygen atoms in total. The molecule has 112 valence electrons. The molecule has 1 fully saturated rings. The molecule has 1 N–H and O–H groups in total. The molecule has 2 aromatic heterocycles. The van der Waals surface area contributed by atoms with Gasteiger partial charge in [-0.05, 0) is 19.8 Å². The fourth-order valence-corrected chi connectivity index (χ4v) is 2.54. The summed E-state index contributed by atoms with van der Waals surface area (Å²) < 4.78 is 1.93. The van der Waals surface area contributed by atoms with E-state index in [1.54, 1.807) is 6.33 Å². The highest BCUT2D eigenvalue weighted by Gasteiger charge is 2.15. The minimum absolute atomic E-state index is 0.780. The van der Waals surface area contributed by atoms with Gasteiger partial charge in [0.05, 0.1) is 0 Å². The first-order valence-electron chi connectivity index (χ1n) is 7.40. The molecule has 0 radical (unpaired) electrons. The molecular formula is C14H21N7. The lowest BCUT2D eigenvalue weighted by Gasteiger charge is -2.16. The molecule has 3 heterocycles. The topological polar surface area (TPSA) is 71.8 Å². The van der Waals surface area contributed by atoms with E-state index in [0.29, 0.717) is 0 Å². The van der Waals surface area contributed by atoms with Gasteiger partial charge in [-0.25, -0.2) is 4.98 Å². The maximum absolute atomic E-state index is 4.62. The van der Waals surface area contributed by atoms with E-state index in [4.69, 9.17) is 0 Å². The zero-order chi connectivity index (χ0) is 14.7. The normalized spacial score (nSPS) is 14.7. The van der Waals surface area contributed by atoms with Crippen molar-refractivity contribution in [3.8, 4) is 0 Å². The number of hydrogen-bond acceptors (Lipinski definition) is 6. The van der Waals surface area contributed by atoms with E-state index in [0.717, 1.165) is 49.3 Å². The van der Waals surface area contributed by atoms with Gasteiger partial charge in [-0.15, -0.1) is 10.2 Å². The zero-order valence-corrected chi connectivity index (χ0v) is 12.6. The van der Waals surface area contributed by atoms with Gasteiger partial charge >= 0.3 is 0 Å². The van der Waals surface area contributed by atoms with Gasteiger partial charge in [0, 0.05) is 44.9 Å². The summed E-state index contributed by atoms with van der Waals surface area (Å²) in [7, 11) is 1.95. The maximum atomic E-state index is 4.62. The summed E-state index contributed by atoms with van der Waals surface area (Å²) in [6, 6.07) is 1.98. The fourth-order valence-electron chi connectivity index (χ4n) is 2.54. The summed E-state index contributed by atoms with van der Waals surface area (Å²) in [4.78, 5) is 11.4. The molecule has 0 aromatic carbocycles. The lowest BCUT2D eigenvalue weighted by atomic mass is 10.3. The Kier molecular flexibility index (Phi) is 3.98. The van der Waals surface area contributed by atoms with Crippen molar-refractivity contribution in [2.24, 2.45) is 7.05 Å². The lowest BCUT2D eigenvalue weighted by Crippen LogP contribution is -2.21. The van der Waals surface area contributed by atoms with Crippen LogP contribution in [0.2, 0.25) is 0 Å². The standard InChI is InChI=1S/C14H21N7/c1-11-9-12(15-6-5-13-19-16-10-20(13)2)18-14(17-11)21-7-3-4-8-21/h9-10H,3-8H2,1-2H3,(H,15,17,18). The molecule has 0 saturated carbocycles. The van der Waals surface area contributed by atoms with Crippen LogP contribution in [0.5, 0.6) is 0 Å². The van der Waals surface area contributed by atoms with Crippen molar-refractivity contribution in [2.45, 2.75) is 26.2 Å². The van der Waals surface area contributed by atoms with Crippen LogP contribution in [0.4, 0.5) is 11.8 Å². The predicted molar refractivity (Wildman–Crippen MR) is 81.4 cm³/mol. The summed E-state index contributed by atoms with van der Waals surface area (Å²) in [6.07, 6.45) is 4.99. The first-order chi connectivity index (χ1) is 10.2. The molecule has 0 spiro atoms. The number of rotatable bonds is 5. The Balaban J connectivity index is 1.63. The zero-order valence-electron chi connectivity index (χ0n) is 12.6. The third-order valence-corrected chi connectivity index (χ3v) is 3.69. The molecule has 0 amide bonds. The molecule has 1 saturated heterocycles. The minimum Gasteiger partial charge on any atom is -0.369 e. The van der Waals surface area contributed by atoms with Crippen molar-refractivity contribution in [1.82, 2.24) is 24.7 Å². The number of aryl methyl sites for hydroxylation is 2. The number of nitrogens with zero attached hydrogens (tertiary/aromatic N) is 6. The molecule has 7 heteroatoms. The van der Waals surface area contributed by atoms with Crippen molar-refractivity contribution in [3.05, 3.63) is 23.9 Å². The van der Waals surface area contributed by atoms with Crippen LogP contribution < -0.4 is 10.2 Å². The van der Waals surface area contributed by atoms with Crippen LogP contribution in [0, 0.1) is 6.92 Å². The van der Waals surface area contributed by atoms with Crippen LogP contribution in [0.25, 0.3) is 0 Å². The molecule has 0 unspecified atom stereocenters. The summed E-state index contributed by atoms with van der Waals surface area (Å²) in [5.41, 5.74) is 0.994. The Hall–Kier alpha value is -2.18. The van der Waals surface area contributed by atoms with Gasteiger partial charge < -0.3 is 14.8 Å². The maximum Gasteiger partial charge on any atom is 0.227 e. The van der Waals surface area contributed by atoms with E-state index in [-0.39, 0.29) is 0 Å². The fraction of sp³-hybridized carbons (Fsp3) is 0.571. The van der Waals surface area contributed by atoms with Gasteiger partial charge in [0.25, 0.3) is 0 Å². The van der Waals surface area contributed by atoms with Gasteiger partial charge in [0.15, 0.2) is 0 Å². The number of anilines is 2. The monoisotopic (exact) mass is 287 g/mol. The number of nitrogens with one attached hydrogen (secondary N) is 1. The van der Waals surface area contributed by atoms with E-state index >= 15 is 0 Å². The molecule has 1 aliphatic rings. The lowest BCUT2D eigenvalue weighted by molar-refractivity contribution is 0.786. The average molecular weight is 287 g/mol. The van der Waals surface area contributed by atoms with E-state index in [9.17, 15) is 0 Å². The van der Waals surface area contributed by atoms with Crippen LogP contribution >= 0.6 is 0 Å². The molecule has 0 atom stereocenters. The van der Waals surface area contributed by atoms with E-state index in [1.165, 1.54) is 12.8 Å². The van der Waals surface area contributed by atoms with E-state index < -0.39 is 0 Å². The second-order valence-corrected chi connectivity index (χ2v) is 5.42. The largest absolute Gasteiger partial charge is 0.369 e. The molecule has 21 heavy (non-hydrogen) atoms. The molecular weight excluding hydrogens is 266 g/mol. The average Bonchev–Trinajstić information content (AvgIpc) is 3.10. The van der Waals surface area contributed by atoms with Gasteiger partial charge in [-0.1, -0.05) is 0 Å².